The molecule has 0 N–H and O–H groups in total. The Balaban J connectivity index is 1.99. The molecule has 0 aromatic heterocycles. The minimum Gasteiger partial charge on any atom is -0.378 e. The van der Waals surface area contributed by atoms with Crippen LogP contribution < -0.4 is 0 Å². The molecule has 1 heterocycles. The van der Waals surface area contributed by atoms with E-state index in [-0.39, 0.29) is 0 Å². The molecule has 1 aliphatic rings. The van der Waals surface area contributed by atoms with E-state index >= 15 is 0 Å². The van der Waals surface area contributed by atoms with Crippen LogP contribution in [0.4, 0.5) is 0 Å². The Kier molecular flexibility index (Phi) is 26.0. The minimum absolute atomic E-state index is 0.608. The molecule has 2 unspecified atom stereocenters. The SMILES string of the molecule is CCCCCCCCCC[S+](CCCCCCCC)CCCCCCCCCCCC1CCCO1. The fraction of sp³-hybridized carbons (Fsp3) is 1.00. The van der Waals surface area contributed by atoms with Crippen molar-refractivity contribution in [1.29, 1.82) is 0 Å². The van der Waals surface area contributed by atoms with Crippen molar-refractivity contribution in [2.75, 3.05) is 23.9 Å². The van der Waals surface area contributed by atoms with Gasteiger partial charge < -0.3 is 4.74 Å². The van der Waals surface area contributed by atoms with Crippen molar-refractivity contribution >= 4 is 10.9 Å². The second kappa shape index (κ2) is 27.3. The summed E-state index contributed by atoms with van der Waals surface area (Å²) in [5.74, 6) is 4.65. The van der Waals surface area contributed by atoms with Gasteiger partial charge in [-0.25, -0.2) is 0 Å². The number of rotatable bonds is 28. The van der Waals surface area contributed by atoms with Crippen molar-refractivity contribution in [3.05, 3.63) is 0 Å². The van der Waals surface area contributed by atoms with E-state index in [1.165, 1.54) is 167 Å². The highest BCUT2D eigenvalue weighted by Crippen LogP contribution is 2.19. The molecule has 1 rings (SSSR count). The van der Waals surface area contributed by atoms with Gasteiger partial charge in [0.1, 0.15) is 17.3 Å². The van der Waals surface area contributed by atoms with Gasteiger partial charge in [0.05, 0.1) is 6.10 Å². The van der Waals surface area contributed by atoms with Gasteiger partial charge in [-0.1, -0.05) is 123 Å². The molecule has 2 atom stereocenters. The first kappa shape index (κ1) is 33.3. The molecule has 0 spiro atoms. The van der Waals surface area contributed by atoms with Crippen molar-refractivity contribution in [2.45, 2.75) is 187 Å². The van der Waals surface area contributed by atoms with Crippen LogP contribution in [0.25, 0.3) is 0 Å². The summed E-state index contributed by atoms with van der Waals surface area (Å²) in [6.07, 6.45) is 38.3. The molecule has 0 amide bonds. The van der Waals surface area contributed by atoms with Crippen LogP contribution in [0, 0.1) is 0 Å². The topological polar surface area (TPSA) is 9.23 Å². The van der Waals surface area contributed by atoms with E-state index in [0.717, 1.165) is 17.5 Å². The van der Waals surface area contributed by atoms with E-state index < -0.39 is 0 Å². The van der Waals surface area contributed by atoms with Crippen molar-refractivity contribution in [2.24, 2.45) is 0 Å². The lowest BCUT2D eigenvalue weighted by atomic mass is 10.0. The Morgan fingerprint density at radius 1 is 0.486 bits per heavy atom. The molecule has 0 aromatic rings. The molecule has 0 aromatic carbocycles. The second-order valence-electron chi connectivity index (χ2n) is 11.6. The number of hydrogen-bond donors (Lipinski definition) is 0. The normalized spacial score (nSPS) is 16.8. The quantitative estimate of drug-likeness (QED) is 0.0749. The maximum absolute atomic E-state index is 5.74. The Morgan fingerprint density at radius 3 is 1.23 bits per heavy atom. The average molecular weight is 512 g/mol. The standard InChI is InChI=1S/C33H67OS/c1-3-5-7-9-11-16-20-24-31-35(30-23-19-10-8-6-4-2)32-25-21-17-14-12-13-15-18-22-27-33-28-26-29-34-33/h33H,3-32H2,1-2H3/q+1. The van der Waals surface area contributed by atoms with Crippen LogP contribution in [0.15, 0.2) is 0 Å². The monoisotopic (exact) mass is 511 g/mol. The van der Waals surface area contributed by atoms with Crippen LogP contribution in [0.5, 0.6) is 0 Å². The third-order valence-corrected chi connectivity index (χ3v) is 10.7. The molecule has 210 valence electrons. The van der Waals surface area contributed by atoms with E-state index in [1.807, 2.05) is 0 Å². The van der Waals surface area contributed by atoms with Gasteiger partial charge in [0.25, 0.3) is 0 Å². The van der Waals surface area contributed by atoms with Gasteiger partial charge >= 0.3 is 0 Å². The molecule has 0 aliphatic carbocycles. The van der Waals surface area contributed by atoms with E-state index in [2.05, 4.69) is 13.8 Å². The summed E-state index contributed by atoms with van der Waals surface area (Å²) < 4.78 is 5.74. The molecule has 1 nitrogen and oxygen atoms in total. The smallest absolute Gasteiger partial charge is 0.108 e. The third kappa shape index (κ3) is 23.2. The molecule has 2 heteroatoms. The molecule has 0 saturated carbocycles. The van der Waals surface area contributed by atoms with Gasteiger partial charge in [-0.05, 0) is 68.7 Å². The van der Waals surface area contributed by atoms with Gasteiger partial charge in [0.15, 0.2) is 0 Å². The Morgan fingerprint density at radius 2 is 0.857 bits per heavy atom. The highest BCUT2D eigenvalue weighted by molar-refractivity contribution is 7.96. The van der Waals surface area contributed by atoms with Crippen LogP contribution >= 0.6 is 0 Å². The van der Waals surface area contributed by atoms with Gasteiger partial charge in [-0.3, -0.25) is 0 Å². The zero-order chi connectivity index (χ0) is 25.1. The molecule has 1 saturated heterocycles. The lowest BCUT2D eigenvalue weighted by Gasteiger charge is -2.10. The van der Waals surface area contributed by atoms with E-state index in [9.17, 15) is 0 Å². The van der Waals surface area contributed by atoms with Crippen LogP contribution in [-0.2, 0) is 15.6 Å². The predicted molar refractivity (Wildman–Crippen MR) is 163 cm³/mol. The maximum Gasteiger partial charge on any atom is 0.108 e. The van der Waals surface area contributed by atoms with Crippen molar-refractivity contribution < 1.29 is 4.74 Å². The first-order chi connectivity index (χ1) is 17.4. The number of ether oxygens (including phenoxy) is 1. The Bertz CT molecular complexity index is 393. The Labute approximate surface area is 226 Å². The second-order valence-corrected chi connectivity index (χ2v) is 14.0. The largest absolute Gasteiger partial charge is 0.378 e. The first-order valence-electron chi connectivity index (χ1n) is 16.6. The summed E-state index contributed by atoms with van der Waals surface area (Å²) in [7, 11) is 0.734. The van der Waals surface area contributed by atoms with Crippen LogP contribution in [0.2, 0.25) is 0 Å². The summed E-state index contributed by atoms with van der Waals surface area (Å²) in [5.41, 5.74) is 0. The fourth-order valence-electron chi connectivity index (χ4n) is 5.62. The summed E-state index contributed by atoms with van der Waals surface area (Å²) in [5, 5.41) is 0. The summed E-state index contributed by atoms with van der Waals surface area (Å²) >= 11 is 0. The third-order valence-electron chi connectivity index (χ3n) is 8.06. The lowest BCUT2D eigenvalue weighted by molar-refractivity contribution is 0.102. The van der Waals surface area contributed by atoms with Gasteiger partial charge in [-0.15, -0.1) is 0 Å². The molecule has 0 bridgehead atoms. The fourth-order valence-corrected chi connectivity index (χ4v) is 8.07. The van der Waals surface area contributed by atoms with Gasteiger partial charge in [0, 0.05) is 6.61 Å². The molecular weight excluding hydrogens is 444 g/mol. The van der Waals surface area contributed by atoms with Crippen molar-refractivity contribution in [3.8, 4) is 0 Å². The van der Waals surface area contributed by atoms with Crippen LogP contribution in [0.3, 0.4) is 0 Å². The van der Waals surface area contributed by atoms with Crippen molar-refractivity contribution in [1.82, 2.24) is 0 Å². The number of unbranched alkanes of at least 4 members (excludes halogenated alkanes) is 20. The number of hydrogen-bond acceptors (Lipinski definition) is 1. The minimum atomic E-state index is 0.608. The highest BCUT2D eigenvalue weighted by Gasteiger charge is 2.17. The molecule has 1 fully saturated rings. The average Bonchev–Trinajstić information content (AvgIpc) is 3.39. The molecule has 0 radical (unpaired) electrons. The summed E-state index contributed by atoms with van der Waals surface area (Å²) in [4.78, 5) is 0. The zero-order valence-corrected chi connectivity index (χ0v) is 25.4. The summed E-state index contributed by atoms with van der Waals surface area (Å²) in [6.45, 7) is 5.67. The van der Waals surface area contributed by atoms with E-state index in [0.29, 0.717) is 6.10 Å². The summed E-state index contributed by atoms with van der Waals surface area (Å²) in [6, 6.07) is 0. The van der Waals surface area contributed by atoms with Gasteiger partial charge in [-0.2, -0.15) is 0 Å². The van der Waals surface area contributed by atoms with Crippen molar-refractivity contribution in [3.63, 3.8) is 0 Å². The maximum atomic E-state index is 5.74. The lowest BCUT2D eigenvalue weighted by Crippen LogP contribution is -2.17. The Hall–Kier alpha value is 0.310. The highest BCUT2D eigenvalue weighted by atomic mass is 32.2. The predicted octanol–water partition coefficient (Wildman–Crippen LogP) is 11.2. The molecule has 1 aliphatic heterocycles. The molecule has 35 heavy (non-hydrogen) atoms. The van der Waals surface area contributed by atoms with E-state index in [4.69, 9.17) is 4.74 Å². The first-order valence-corrected chi connectivity index (χ1v) is 18.4. The zero-order valence-electron chi connectivity index (χ0n) is 24.6. The van der Waals surface area contributed by atoms with Crippen LogP contribution in [-0.4, -0.2) is 30.0 Å². The van der Waals surface area contributed by atoms with Gasteiger partial charge in [0.2, 0.25) is 0 Å². The van der Waals surface area contributed by atoms with Crippen LogP contribution in [0.1, 0.15) is 181 Å². The van der Waals surface area contributed by atoms with E-state index in [1.54, 1.807) is 17.3 Å². The molecular formula is C33H67OS+.